The molecule has 0 bridgehead atoms. The Labute approximate surface area is 135 Å². The largest absolute Gasteiger partial charge is 0.376 e. The number of amides is 1. The summed E-state index contributed by atoms with van der Waals surface area (Å²) in [5, 5.41) is 0. The van der Waals surface area contributed by atoms with Crippen molar-refractivity contribution in [2.45, 2.75) is 12.1 Å². The van der Waals surface area contributed by atoms with Crippen molar-refractivity contribution >= 4 is 5.91 Å². The maximum Gasteiger partial charge on any atom is 0.254 e. The molecule has 0 aromatic heterocycles. The zero-order chi connectivity index (χ0) is 15.8. The van der Waals surface area contributed by atoms with Crippen molar-refractivity contribution in [1.29, 1.82) is 0 Å². The third-order valence-electron chi connectivity index (χ3n) is 4.63. The van der Waals surface area contributed by atoms with Crippen molar-refractivity contribution in [2.75, 3.05) is 26.9 Å². The van der Waals surface area contributed by atoms with Crippen LogP contribution in [0.25, 0.3) is 11.1 Å². The molecule has 2 aliphatic rings. The van der Waals surface area contributed by atoms with Crippen LogP contribution in [0, 0.1) is 0 Å². The third-order valence-corrected chi connectivity index (χ3v) is 4.63. The molecule has 4 nitrogen and oxygen atoms in total. The van der Waals surface area contributed by atoms with Crippen LogP contribution in [0.5, 0.6) is 0 Å². The van der Waals surface area contributed by atoms with E-state index in [0.717, 1.165) is 0 Å². The number of likely N-dealkylation sites (N-methyl/N-ethyl adjacent to an activating group) is 1. The molecule has 1 saturated heterocycles. The molecule has 0 N–H and O–H groups in total. The summed E-state index contributed by atoms with van der Waals surface area (Å²) in [4.78, 5) is 14.6. The molecule has 1 atom stereocenters. The van der Waals surface area contributed by atoms with Crippen molar-refractivity contribution in [3.63, 3.8) is 0 Å². The second kappa shape index (κ2) is 5.80. The predicted octanol–water partition coefficient (Wildman–Crippen LogP) is 2.63. The number of hydrogen-bond donors (Lipinski definition) is 0. The van der Waals surface area contributed by atoms with Crippen LogP contribution in [0.15, 0.2) is 48.5 Å². The second-order valence-corrected chi connectivity index (χ2v) is 5.96. The maximum atomic E-state index is 12.8. The first-order valence-electron chi connectivity index (χ1n) is 7.91. The van der Waals surface area contributed by atoms with Gasteiger partial charge in [0.25, 0.3) is 5.91 Å². The molecule has 0 unspecified atom stereocenters. The molecule has 0 saturated carbocycles. The normalized spacial score (nSPS) is 20.0. The molecule has 1 fully saturated rings. The predicted molar refractivity (Wildman–Crippen MR) is 87.1 cm³/mol. The molecular formula is C19H19NO3. The van der Waals surface area contributed by atoms with Crippen LogP contribution in [-0.4, -0.2) is 43.8 Å². The summed E-state index contributed by atoms with van der Waals surface area (Å²) in [6.45, 7) is 1.36. The van der Waals surface area contributed by atoms with E-state index in [1.165, 1.54) is 22.3 Å². The number of hydrogen-bond acceptors (Lipinski definition) is 3. The van der Waals surface area contributed by atoms with Gasteiger partial charge < -0.3 is 14.4 Å². The van der Waals surface area contributed by atoms with Gasteiger partial charge in [-0.15, -0.1) is 0 Å². The van der Waals surface area contributed by atoms with E-state index in [4.69, 9.17) is 9.47 Å². The third kappa shape index (κ3) is 2.35. The van der Waals surface area contributed by atoms with E-state index < -0.39 is 6.10 Å². The Bertz CT molecular complexity index is 691. The van der Waals surface area contributed by atoms with Gasteiger partial charge in [0.05, 0.1) is 25.9 Å². The number of fused-ring (bicyclic) bond motifs is 3. The van der Waals surface area contributed by atoms with Gasteiger partial charge in [-0.1, -0.05) is 48.5 Å². The monoisotopic (exact) mass is 309 g/mol. The van der Waals surface area contributed by atoms with Crippen molar-refractivity contribution < 1.29 is 14.3 Å². The smallest absolute Gasteiger partial charge is 0.254 e. The summed E-state index contributed by atoms with van der Waals surface area (Å²) in [5.74, 6) is -0.0267. The van der Waals surface area contributed by atoms with Crippen molar-refractivity contribution in [3.8, 4) is 11.1 Å². The van der Waals surface area contributed by atoms with E-state index in [9.17, 15) is 4.79 Å². The van der Waals surface area contributed by atoms with Gasteiger partial charge in [0, 0.05) is 7.05 Å². The Morgan fingerprint density at radius 1 is 1.00 bits per heavy atom. The Morgan fingerprint density at radius 2 is 1.61 bits per heavy atom. The average molecular weight is 309 g/mol. The lowest BCUT2D eigenvalue weighted by atomic mass is 10.0. The minimum Gasteiger partial charge on any atom is -0.376 e. The van der Waals surface area contributed by atoms with Crippen LogP contribution in [0.3, 0.4) is 0 Å². The maximum absolute atomic E-state index is 12.8. The van der Waals surface area contributed by atoms with E-state index >= 15 is 0 Å². The molecule has 1 aliphatic carbocycles. The lowest BCUT2D eigenvalue weighted by Crippen LogP contribution is -2.44. The first kappa shape index (κ1) is 14.4. The Balaban J connectivity index is 1.71. The van der Waals surface area contributed by atoms with Gasteiger partial charge in [-0.3, -0.25) is 4.79 Å². The van der Waals surface area contributed by atoms with Crippen LogP contribution < -0.4 is 0 Å². The molecule has 1 amide bonds. The van der Waals surface area contributed by atoms with Gasteiger partial charge >= 0.3 is 0 Å². The van der Waals surface area contributed by atoms with Crippen molar-refractivity contribution in [1.82, 2.24) is 4.90 Å². The van der Waals surface area contributed by atoms with E-state index in [-0.39, 0.29) is 11.9 Å². The highest BCUT2D eigenvalue weighted by Crippen LogP contribution is 2.45. The SMILES string of the molecule is CN(C(=O)[C@@H]1COCCO1)C1c2ccccc2-c2ccccc21. The molecule has 0 radical (unpaired) electrons. The van der Waals surface area contributed by atoms with Gasteiger partial charge in [0.1, 0.15) is 0 Å². The van der Waals surface area contributed by atoms with Crippen LogP contribution in [-0.2, 0) is 14.3 Å². The molecule has 0 spiro atoms. The number of carbonyl (C=O) groups is 1. The van der Waals surface area contributed by atoms with Crippen molar-refractivity contribution in [3.05, 3.63) is 59.7 Å². The summed E-state index contributed by atoms with van der Waals surface area (Å²) < 4.78 is 11.0. The van der Waals surface area contributed by atoms with Crippen molar-refractivity contribution in [2.24, 2.45) is 0 Å². The molecule has 4 heteroatoms. The summed E-state index contributed by atoms with van der Waals surface area (Å²) in [5.41, 5.74) is 4.74. The van der Waals surface area contributed by atoms with Gasteiger partial charge in [-0.05, 0) is 22.3 Å². The minimum absolute atomic E-state index is 0.0267. The summed E-state index contributed by atoms with van der Waals surface area (Å²) in [6.07, 6.45) is -0.506. The molecule has 118 valence electrons. The minimum atomic E-state index is -0.506. The lowest BCUT2D eigenvalue weighted by molar-refractivity contribution is -0.158. The van der Waals surface area contributed by atoms with E-state index in [0.29, 0.717) is 19.8 Å². The zero-order valence-corrected chi connectivity index (χ0v) is 13.1. The zero-order valence-electron chi connectivity index (χ0n) is 13.1. The van der Waals surface area contributed by atoms with Crippen LogP contribution >= 0.6 is 0 Å². The fraction of sp³-hybridized carbons (Fsp3) is 0.316. The number of nitrogens with zero attached hydrogens (tertiary/aromatic N) is 1. The summed E-state index contributed by atoms with van der Waals surface area (Å²) in [6, 6.07) is 16.5. The number of benzene rings is 2. The van der Waals surface area contributed by atoms with Crippen LogP contribution in [0.1, 0.15) is 17.2 Å². The molecule has 4 rings (SSSR count). The van der Waals surface area contributed by atoms with Gasteiger partial charge in [-0.25, -0.2) is 0 Å². The Hall–Kier alpha value is -2.17. The number of ether oxygens (including phenoxy) is 2. The molecule has 1 aliphatic heterocycles. The quantitative estimate of drug-likeness (QED) is 0.856. The second-order valence-electron chi connectivity index (χ2n) is 5.96. The Morgan fingerprint density at radius 3 is 2.17 bits per heavy atom. The van der Waals surface area contributed by atoms with E-state index in [1.54, 1.807) is 4.90 Å². The summed E-state index contributed by atoms with van der Waals surface area (Å²) >= 11 is 0. The van der Waals surface area contributed by atoms with Gasteiger partial charge in [0.2, 0.25) is 0 Å². The molecule has 2 aromatic carbocycles. The van der Waals surface area contributed by atoms with Crippen LogP contribution in [0.2, 0.25) is 0 Å². The van der Waals surface area contributed by atoms with Gasteiger partial charge in [0.15, 0.2) is 6.10 Å². The standard InChI is InChI=1S/C19H19NO3/c1-20(19(21)17-12-22-10-11-23-17)18-15-8-4-2-6-13(15)14-7-3-5-9-16(14)18/h2-9,17-18H,10-12H2,1H3/t17-/m0/s1. The molecular weight excluding hydrogens is 290 g/mol. The fourth-order valence-corrected chi connectivity index (χ4v) is 3.53. The first-order valence-corrected chi connectivity index (χ1v) is 7.91. The van der Waals surface area contributed by atoms with E-state index in [1.807, 2.05) is 31.3 Å². The molecule has 1 heterocycles. The first-order chi connectivity index (χ1) is 11.3. The summed E-state index contributed by atoms with van der Waals surface area (Å²) in [7, 11) is 1.85. The van der Waals surface area contributed by atoms with E-state index in [2.05, 4.69) is 24.3 Å². The topological polar surface area (TPSA) is 38.8 Å². The fourth-order valence-electron chi connectivity index (χ4n) is 3.53. The molecule has 23 heavy (non-hydrogen) atoms. The highest BCUT2D eigenvalue weighted by molar-refractivity contribution is 5.85. The number of carbonyl (C=O) groups excluding carboxylic acids is 1. The van der Waals surface area contributed by atoms with Gasteiger partial charge in [-0.2, -0.15) is 0 Å². The lowest BCUT2D eigenvalue weighted by Gasteiger charge is -2.31. The molecule has 2 aromatic rings. The highest BCUT2D eigenvalue weighted by Gasteiger charge is 2.36. The number of rotatable bonds is 2. The highest BCUT2D eigenvalue weighted by atomic mass is 16.6. The average Bonchev–Trinajstić information content (AvgIpc) is 2.96. The Kier molecular flexibility index (Phi) is 3.63. The van der Waals surface area contributed by atoms with Crippen LogP contribution in [0.4, 0.5) is 0 Å².